The molecule has 0 bridgehead atoms. The highest BCUT2D eigenvalue weighted by molar-refractivity contribution is 5.41. The smallest absolute Gasteiger partial charge is 0.107 e. The van der Waals surface area contributed by atoms with Crippen LogP contribution in [0.15, 0.2) is 24.3 Å². The molecule has 2 heteroatoms. The molecule has 1 aromatic carbocycles. The van der Waals surface area contributed by atoms with Crippen molar-refractivity contribution in [1.82, 2.24) is 5.32 Å². The number of rotatable bonds is 1. The highest BCUT2D eigenvalue weighted by Gasteiger charge is 2.48. The van der Waals surface area contributed by atoms with Crippen LogP contribution in [0.4, 0.5) is 0 Å². The third kappa shape index (κ3) is 2.10. The molecule has 2 unspecified atom stereocenters. The van der Waals surface area contributed by atoms with Gasteiger partial charge in [0, 0.05) is 13.1 Å². The number of benzene rings is 1. The van der Waals surface area contributed by atoms with E-state index in [0.29, 0.717) is 0 Å². The summed E-state index contributed by atoms with van der Waals surface area (Å²) in [6, 6.07) is 8.88. The topological polar surface area (TPSA) is 21.3 Å². The fourth-order valence-corrected chi connectivity index (χ4v) is 3.81. The lowest BCUT2D eigenvalue weighted by atomic mass is 9.66. The lowest BCUT2D eigenvalue weighted by Crippen LogP contribution is -2.59. The first-order valence-corrected chi connectivity index (χ1v) is 7.92. The molecule has 110 valence electrons. The Kier molecular flexibility index (Phi) is 3.22. The standard InChI is InChI=1S/C18H27NO/c1-5-17(4)12-19-13-18(20-17)11-10-16(2,3)14-8-6-7-9-15(14)18/h6-9,19H,5,10-13H2,1-4H3. The normalized spacial score (nSPS) is 35.8. The summed E-state index contributed by atoms with van der Waals surface area (Å²) >= 11 is 0. The lowest BCUT2D eigenvalue weighted by molar-refractivity contribution is -0.186. The van der Waals surface area contributed by atoms with Crippen molar-refractivity contribution in [3.8, 4) is 0 Å². The molecule has 1 N–H and O–H groups in total. The first-order chi connectivity index (χ1) is 9.41. The van der Waals surface area contributed by atoms with E-state index in [1.807, 2.05) is 0 Å². The van der Waals surface area contributed by atoms with E-state index in [0.717, 1.165) is 25.9 Å². The van der Waals surface area contributed by atoms with Gasteiger partial charge >= 0.3 is 0 Å². The van der Waals surface area contributed by atoms with Crippen LogP contribution in [-0.4, -0.2) is 18.7 Å². The molecular weight excluding hydrogens is 246 g/mol. The van der Waals surface area contributed by atoms with E-state index < -0.39 is 0 Å². The van der Waals surface area contributed by atoms with Gasteiger partial charge in [-0.1, -0.05) is 45.0 Å². The molecule has 2 atom stereocenters. The van der Waals surface area contributed by atoms with E-state index >= 15 is 0 Å². The molecule has 1 heterocycles. The number of fused-ring (bicyclic) bond motifs is 2. The van der Waals surface area contributed by atoms with Crippen LogP contribution in [0.1, 0.15) is 58.1 Å². The number of nitrogens with one attached hydrogen (secondary N) is 1. The summed E-state index contributed by atoms with van der Waals surface area (Å²) in [5.74, 6) is 0. The Labute approximate surface area is 122 Å². The predicted molar refractivity (Wildman–Crippen MR) is 83.0 cm³/mol. The minimum Gasteiger partial charge on any atom is -0.361 e. The van der Waals surface area contributed by atoms with Crippen molar-refractivity contribution in [2.45, 2.75) is 63.6 Å². The number of hydrogen-bond donors (Lipinski definition) is 1. The van der Waals surface area contributed by atoms with Crippen molar-refractivity contribution in [2.75, 3.05) is 13.1 Å². The zero-order valence-electron chi connectivity index (χ0n) is 13.3. The Morgan fingerprint density at radius 2 is 1.75 bits per heavy atom. The highest BCUT2D eigenvalue weighted by atomic mass is 16.5. The lowest BCUT2D eigenvalue weighted by Gasteiger charge is -2.52. The molecule has 0 aromatic heterocycles. The van der Waals surface area contributed by atoms with Gasteiger partial charge in [-0.15, -0.1) is 0 Å². The van der Waals surface area contributed by atoms with Crippen molar-refractivity contribution < 1.29 is 4.74 Å². The molecule has 1 saturated heterocycles. The molecule has 1 fully saturated rings. The summed E-state index contributed by atoms with van der Waals surface area (Å²) in [5.41, 5.74) is 2.95. The second kappa shape index (κ2) is 4.57. The van der Waals surface area contributed by atoms with Gasteiger partial charge in [0.25, 0.3) is 0 Å². The minimum atomic E-state index is -0.130. The van der Waals surface area contributed by atoms with Gasteiger partial charge in [-0.05, 0) is 42.7 Å². The maximum Gasteiger partial charge on any atom is 0.107 e. The summed E-state index contributed by atoms with van der Waals surface area (Å²) in [6.45, 7) is 11.1. The Morgan fingerprint density at radius 3 is 2.45 bits per heavy atom. The van der Waals surface area contributed by atoms with Crippen LogP contribution in [0.25, 0.3) is 0 Å². The van der Waals surface area contributed by atoms with Gasteiger partial charge in [0.1, 0.15) is 5.60 Å². The first kappa shape index (κ1) is 14.1. The average Bonchev–Trinajstić information content (AvgIpc) is 2.45. The van der Waals surface area contributed by atoms with Crippen LogP contribution in [0.3, 0.4) is 0 Å². The molecular formula is C18H27NO. The van der Waals surface area contributed by atoms with E-state index in [2.05, 4.69) is 57.3 Å². The van der Waals surface area contributed by atoms with Crippen molar-refractivity contribution in [3.05, 3.63) is 35.4 Å². The number of morpholine rings is 1. The van der Waals surface area contributed by atoms with Gasteiger partial charge in [0.15, 0.2) is 0 Å². The van der Waals surface area contributed by atoms with Gasteiger partial charge in [-0.2, -0.15) is 0 Å². The van der Waals surface area contributed by atoms with Crippen LogP contribution < -0.4 is 5.32 Å². The second-order valence-electron chi connectivity index (χ2n) is 7.43. The summed E-state index contributed by atoms with van der Waals surface area (Å²) in [7, 11) is 0. The van der Waals surface area contributed by atoms with Crippen LogP contribution in [0.5, 0.6) is 0 Å². The Morgan fingerprint density at radius 1 is 1.05 bits per heavy atom. The second-order valence-corrected chi connectivity index (χ2v) is 7.43. The van der Waals surface area contributed by atoms with Gasteiger partial charge in [-0.25, -0.2) is 0 Å². The zero-order chi connectivity index (χ0) is 14.4. The molecule has 1 aliphatic carbocycles. The van der Waals surface area contributed by atoms with Gasteiger partial charge in [0.2, 0.25) is 0 Å². The average molecular weight is 273 g/mol. The van der Waals surface area contributed by atoms with E-state index in [1.54, 1.807) is 0 Å². The molecule has 1 spiro atoms. The fourth-order valence-electron chi connectivity index (χ4n) is 3.81. The molecule has 0 amide bonds. The molecule has 0 saturated carbocycles. The van der Waals surface area contributed by atoms with Crippen molar-refractivity contribution >= 4 is 0 Å². The maximum atomic E-state index is 6.71. The monoisotopic (exact) mass is 273 g/mol. The molecule has 0 radical (unpaired) electrons. The Bertz CT molecular complexity index is 510. The zero-order valence-corrected chi connectivity index (χ0v) is 13.3. The van der Waals surface area contributed by atoms with Gasteiger partial charge in [0.05, 0.1) is 5.60 Å². The van der Waals surface area contributed by atoms with Crippen LogP contribution in [0, 0.1) is 0 Å². The van der Waals surface area contributed by atoms with E-state index in [-0.39, 0.29) is 16.6 Å². The van der Waals surface area contributed by atoms with Crippen LogP contribution in [-0.2, 0) is 15.8 Å². The number of ether oxygens (including phenoxy) is 1. The Hall–Kier alpha value is -0.860. The third-order valence-corrected chi connectivity index (χ3v) is 5.40. The first-order valence-electron chi connectivity index (χ1n) is 7.92. The van der Waals surface area contributed by atoms with Crippen LogP contribution >= 0.6 is 0 Å². The van der Waals surface area contributed by atoms with E-state index in [4.69, 9.17) is 4.74 Å². The molecule has 2 aliphatic rings. The number of hydrogen-bond acceptors (Lipinski definition) is 2. The molecule has 1 aromatic rings. The SMILES string of the molecule is CCC1(C)CNCC2(CCC(C)(C)c3ccccc32)O1. The van der Waals surface area contributed by atoms with E-state index in [1.165, 1.54) is 17.5 Å². The van der Waals surface area contributed by atoms with Gasteiger partial charge < -0.3 is 10.1 Å². The maximum absolute atomic E-state index is 6.71. The summed E-state index contributed by atoms with van der Waals surface area (Å²) in [6.07, 6.45) is 3.35. The third-order valence-electron chi connectivity index (χ3n) is 5.40. The molecule has 2 nitrogen and oxygen atoms in total. The molecule has 1 aliphatic heterocycles. The highest BCUT2D eigenvalue weighted by Crippen LogP contribution is 2.49. The fraction of sp³-hybridized carbons (Fsp3) is 0.667. The summed E-state index contributed by atoms with van der Waals surface area (Å²) in [5, 5.41) is 3.63. The van der Waals surface area contributed by atoms with Crippen molar-refractivity contribution in [3.63, 3.8) is 0 Å². The van der Waals surface area contributed by atoms with Crippen molar-refractivity contribution in [1.29, 1.82) is 0 Å². The van der Waals surface area contributed by atoms with E-state index in [9.17, 15) is 0 Å². The minimum absolute atomic E-state index is 0.0488. The quantitative estimate of drug-likeness (QED) is 0.841. The summed E-state index contributed by atoms with van der Waals surface area (Å²) in [4.78, 5) is 0. The van der Waals surface area contributed by atoms with Crippen LogP contribution in [0.2, 0.25) is 0 Å². The molecule has 3 rings (SSSR count). The van der Waals surface area contributed by atoms with Gasteiger partial charge in [-0.3, -0.25) is 0 Å². The Balaban J connectivity index is 2.07. The molecule has 20 heavy (non-hydrogen) atoms. The summed E-state index contributed by atoms with van der Waals surface area (Å²) < 4.78 is 6.71. The largest absolute Gasteiger partial charge is 0.361 e. The predicted octanol–water partition coefficient (Wildman–Crippen LogP) is 3.74. The van der Waals surface area contributed by atoms with Crippen molar-refractivity contribution in [2.24, 2.45) is 0 Å².